The van der Waals surface area contributed by atoms with Crippen molar-refractivity contribution >= 4 is 20.2 Å². The van der Waals surface area contributed by atoms with E-state index in [1.165, 1.54) is 70.6 Å². The van der Waals surface area contributed by atoms with E-state index in [0.29, 0.717) is 6.42 Å². The SMILES string of the molecule is CCCCCCCCCCCCCCCCC(C)OC(CO)C(S(=O)(=O)O)S(=O)(=O)O.[H-].[Na+]. The molecule has 0 saturated carbocycles. The van der Waals surface area contributed by atoms with Crippen LogP contribution in [0.4, 0.5) is 0 Å². The fourth-order valence-corrected chi connectivity index (χ4v) is 6.02. The first kappa shape index (κ1) is 34.9. The Morgan fingerprint density at radius 3 is 1.38 bits per heavy atom. The van der Waals surface area contributed by atoms with Gasteiger partial charge in [-0.3, -0.25) is 9.11 Å². The smallest absolute Gasteiger partial charge is 1.00 e. The van der Waals surface area contributed by atoms with Crippen molar-refractivity contribution in [3.05, 3.63) is 0 Å². The van der Waals surface area contributed by atoms with Gasteiger partial charge in [-0.05, 0) is 13.3 Å². The van der Waals surface area contributed by atoms with E-state index < -0.39 is 43.6 Å². The van der Waals surface area contributed by atoms with Gasteiger partial charge in [0.15, 0.2) is 0 Å². The van der Waals surface area contributed by atoms with Crippen LogP contribution in [-0.2, 0) is 25.0 Å². The van der Waals surface area contributed by atoms with Gasteiger partial charge in [-0.15, -0.1) is 0 Å². The largest absolute Gasteiger partial charge is 1.00 e. The topological polar surface area (TPSA) is 138 Å². The van der Waals surface area contributed by atoms with Crippen molar-refractivity contribution in [3.8, 4) is 0 Å². The Hall–Kier alpha value is 0.740. The summed E-state index contributed by atoms with van der Waals surface area (Å²) >= 11 is 0. The molecule has 8 nitrogen and oxygen atoms in total. The Bertz CT molecular complexity index is 615. The summed E-state index contributed by atoms with van der Waals surface area (Å²) < 4.78 is 66.0. The minimum absolute atomic E-state index is 0. The van der Waals surface area contributed by atoms with E-state index >= 15 is 0 Å². The monoisotopic (exact) mass is 512 g/mol. The molecule has 0 aliphatic rings. The molecule has 0 heterocycles. The molecule has 0 spiro atoms. The Balaban J connectivity index is -0.00000450. The van der Waals surface area contributed by atoms with E-state index in [1.54, 1.807) is 6.92 Å². The fourth-order valence-electron chi connectivity index (χ4n) is 3.72. The molecule has 0 amide bonds. The zero-order valence-corrected chi connectivity index (χ0v) is 23.9. The number of aliphatic hydroxyl groups excluding tert-OH is 1. The van der Waals surface area contributed by atoms with Gasteiger partial charge in [0.25, 0.3) is 20.2 Å². The summed E-state index contributed by atoms with van der Waals surface area (Å²) in [6.45, 7) is 2.90. The molecule has 0 aromatic carbocycles. The Morgan fingerprint density at radius 2 is 1.06 bits per heavy atom. The molecule has 0 aromatic rings. The number of hydrogen-bond donors (Lipinski definition) is 3. The van der Waals surface area contributed by atoms with Gasteiger partial charge in [-0.1, -0.05) is 96.8 Å². The van der Waals surface area contributed by atoms with Gasteiger partial charge in [-0.25, -0.2) is 0 Å². The van der Waals surface area contributed by atoms with Gasteiger partial charge in [0, 0.05) is 0 Å². The van der Waals surface area contributed by atoms with Crippen LogP contribution >= 0.6 is 0 Å². The van der Waals surface area contributed by atoms with Crippen molar-refractivity contribution in [1.82, 2.24) is 0 Å². The van der Waals surface area contributed by atoms with E-state index in [2.05, 4.69) is 6.92 Å². The summed E-state index contributed by atoms with van der Waals surface area (Å²) in [5, 5.41) is 9.29. The quantitative estimate of drug-likeness (QED) is 0.120. The van der Waals surface area contributed by atoms with Crippen LogP contribution in [0.2, 0.25) is 0 Å². The first-order valence-corrected chi connectivity index (χ1v) is 14.7. The van der Waals surface area contributed by atoms with Gasteiger partial charge in [0.1, 0.15) is 6.10 Å². The second kappa shape index (κ2) is 20.0. The second-order valence-corrected chi connectivity index (χ2v) is 11.8. The third kappa shape index (κ3) is 18.1. The Kier molecular flexibility index (Phi) is 21.8. The van der Waals surface area contributed by atoms with Crippen LogP contribution in [0.15, 0.2) is 0 Å². The van der Waals surface area contributed by atoms with E-state index in [1.807, 2.05) is 0 Å². The maximum atomic E-state index is 11.3. The molecular formula is C21H45NaO8S2. The number of unbranched alkanes of at least 4 members (excludes halogenated alkanes) is 13. The van der Waals surface area contributed by atoms with Crippen LogP contribution in [0.3, 0.4) is 0 Å². The van der Waals surface area contributed by atoms with Crippen molar-refractivity contribution in [1.29, 1.82) is 0 Å². The van der Waals surface area contributed by atoms with Crippen LogP contribution in [0.25, 0.3) is 0 Å². The molecule has 0 rings (SSSR count). The predicted octanol–water partition coefficient (Wildman–Crippen LogP) is 1.84. The zero-order valence-electron chi connectivity index (χ0n) is 21.2. The molecule has 0 fully saturated rings. The van der Waals surface area contributed by atoms with Crippen molar-refractivity contribution in [2.24, 2.45) is 0 Å². The molecule has 3 N–H and O–H groups in total. The molecule has 0 bridgehead atoms. The minimum Gasteiger partial charge on any atom is -1.00 e. The number of hydrogen-bond acceptors (Lipinski definition) is 6. The third-order valence-corrected chi connectivity index (χ3v) is 8.68. The fraction of sp³-hybridized carbons (Fsp3) is 1.00. The maximum Gasteiger partial charge on any atom is 1.00 e. The summed E-state index contributed by atoms with van der Waals surface area (Å²) in [7, 11) is -10.3. The summed E-state index contributed by atoms with van der Waals surface area (Å²) in [5.74, 6) is 0. The molecule has 2 unspecified atom stereocenters. The van der Waals surface area contributed by atoms with Crippen LogP contribution in [0, 0.1) is 0 Å². The molecule has 0 saturated heterocycles. The minimum atomic E-state index is -5.15. The van der Waals surface area contributed by atoms with Crippen molar-refractivity contribution < 1.29 is 66.8 Å². The molecule has 11 heteroatoms. The van der Waals surface area contributed by atoms with Crippen molar-refractivity contribution in [2.75, 3.05) is 6.61 Å². The van der Waals surface area contributed by atoms with Gasteiger partial charge in [0.2, 0.25) is 4.58 Å². The standard InChI is InChI=1S/C21H44O8S2.Na.H/c1-3-4-5-6-7-8-9-10-11-12-13-14-15-16-17-19(2)29-20(18-22)21(30(23,24)25)31(26,27)28;;/h19-22H,3-18H2,1-2H3,(H,23,24,25)(H,26,27,28);;/q;+1;-1. The predicted molar refractivity (Wildman–Crippen MR) is 124 cm³/mol. The van der Waals surface area contributed by atoms with E-state index in [4.69, 9.17) is 13.8 Å². The van der Waals surface area contributed by atoms with Crippen LogP contribution in [0.5, 0.6) is 0 Å². The molecular weight excluding hydrogens is 467 g/mol. The first-order chi connectivity index (χ1) is 14.5. The number of ether oxygens (including phenoxy) is 1. The molecule has 32 heavy (non-hydrogen) atoms. The van der Waals surface area contributed by atoms with Gasteiger partial charge in [-0.2, -0.15) is 16.8 Å². The van der Waals surface area contributed by atoms with Crippen LogP contribution in [-0.4, -0.2) is 54.4 Å². The number of rotatable bonds is 21. The summed E-state index contributed by atoms with van der Waals surface area (Å²) in [4.78, 5) is 0. The summed E-state index contributed by atoms with van der Waals surface area (Å²) in [6, 6.07) is 0. The van der Waals surface area contributed by atoms with Gasteiger partial charge >= 0.3 is 29.6 Å². The normalized spacial score (nSPS) is 14.3. The zero-order chi connectivity index (χ0) is 23.8. The molecule has 2 atom stereocenters. The second-order valence-electron chi connectivity index (χ2n) is 8.45. The third-order valence-electron chi connectivity index (χ3n) is 5.44. The summed E-state index contributed by atoms with van der Waals surface area (Å²) in [6.07, 6.45) is 15.5. The average Bonchev–Trinajstić information content (AvgIpc) is 2.65. The van der Waals surface area contributed by atoms with Crippen molar-refractivity contribution in [2.45, 2.75) is 127 Å². The Labute approximate surface area is 219 Å². The van der Waals surface area contributed by atoms with E-state index in [-0.39, 0.29) is 31.0 Å². The van der Waals surface area contributed by atoms with Crippen LogP contribution in [0.1, 0.15) is 112 Å². The molecule has 0 radical (unpaired) electrons. The number of aliphatic hydroxyl groups is 1. The van der Waals surface area contributed by atoms with E-state index in [9.17, 15) is 21.9 Å². The van der Waals surface area contributed by atoms with Crippen molar-refractivity contribution in [3.63, 3.8) is 0 Å². The summed E-state index contributed by atoms with van der Waals surface area (Å²) in [5.41, 5.74) is 0. The molecule has 0 aliphatic carbocycles. The van der Waals surface area contributed by atoms with Crippen LogP contribution < -0.4 is 29.6 Å². The van der Waals surface area contributed by atoms with Gasteiger partial charge < -0.3 is 11.3 Å². The average molecular weight is 513 g/mol. The molecule has 0 aromatic heterocycles. The van der Waals surface area contributed by atoms with E-state index in [0.717, 1.165) is 19.3 Å². The molecule has 0 aliphatic heterocycles. The Morgan fingerprint density at radius 1 is 0.719 bits per heavy atom. The first-order valence-electron chi connectivity index (χ1n) is 11.7. The maximum absolute atomic E-state index is 11.3. The molecule has 190 valence electrons. The van der Waals surface area contributed by atoms with Gasteiger partial charge in [0.05, 0.1) is 12.7 Å².